The number of non-ortho nitro benzene ring substituents is 1. The van der Waals surface area contributed by atoms with Gasteiger partial charge in [-0.25, -0.2) is 4.99 Å². The SMILES string of the molecule is CCNC(=NCc1cc(C(C)C)no1)NCCCCc1ccc([N+](=O)[O-])cc1. The lowest BCUT2D eigenvalue weighted by Gasteiger charge is -2.10. The normalized spacial score (nSPS) is 11.6. The molecule has 0 saturated heterocycles. The maximum Gasteiger partial charge on any atom is 0.269 e. The van der Waals surface area contributed by atoms with Gasteiger partial charge in [0.2, 0.25) is 0 Å². The molecule has 0 atom stereocenters. The van der Waals surface area contributed by atoms with E-state index in [-0.39, 0.29) is 10.6 Å². The molecule has 1 heterocycles. The lowest BCUT2D eigenvalue weighted by molar-refractivity contribution is -0.384. The van der Waals surface area contributed by atoms with E-state index >= 15 is 0 Å². The van der Waals surface area contributed by atoms with Crippen LogP contribution in [0.1, 0.15) is 56.5 Å². The van der Waals surface area contributed by atoms with Gasteiger partial charge in [0.15, 0.2) is 11.7 Å². The maximum absolute atomic E-state index is 10.7. The van der Waals surface area contributed by atoms with Crippen LogP contribution in [0.15, 0.2) is 39.8 Å². The van der Waals surface area contributed by atoms with Crippen LogP contribution in [0.5, 0.6) is 0 Å². The Bertz CT molecular complexity index is 768. The lowest BCUT2D eigenvalue weighted by Crippen LogP contribution is -2.37. The molecule has 0 amide bonds. The molecule has 0 saturated carbocycles. The summed E-state index contributed by atoms with van der Waals surface area (Å²) in [4.78, 5) is 14.8. The Balaban J connectivity index is 1.73. The first-order valence-corrected chi connectivity index (χ1v) is 9.70. The number of hydrogen-bond acceptors (Lipinski definition) is 5. The van der Waals surface area contributed by atoms with Gasteiger partial charge in [0.05, 0.1) is 10.6 Å². The van der Waals surface area contributed by atoms with Gasteiger partial charge in [-0.1, -0.05) is 31.1 Å². The van der Waals surface area contributed by atoms with Gasteiger partial charge < -0.3 is 15.2 Å². The molecular weight excluding hydrogens is 358 g/mol. The van der Waals surface area contributed by atoms with Crippen molar-refractivity contribution in [2.24, 2.45) is 4.99 Å². The van der Waals surface area contributed by atoms with Crippen molar-refractivity contribution in [2.45, 2.75) is 52.5 Å². The number of nitrogens with one attached hydrogen (secondary N) is 2. The number of aliphatic imine (C=N–C) groups is 1. The van der Waals surface area contributed by atoms with Crippen LogP contribution in [-0.4, -0.2) is 29.1 Å². The molecule has 8 heteroatoms. The van der Waals surface area contributed by atoms with Crippen LogP contribution >= 0.6 is 0 Å². The van der Waals surface area contributed by atoms with E-state index in [1.807, 2.05) is 25.1 Å². The van der Waals surface area contributed by atoms with Crippen molar-refractivity contribution < 1.29 is 9.45 Å². The summed E-state index contributed by atoms with van der Waals surface area (Å²) in [5.41, 5.74) is 2.18. The van der Waals surface area contributed by atoms with Crippen LogP contribution in [0.3, 0.4) is 0 Å². The maximum atomic E-state index is 10.7. The molecule has 0 radical (unpaired) electrons. The minimum atomic E-state index is -0.377. The minimum Gasteiger partial charge on any atom is -0.359 e. The average molecular weight is 387 g/mol. The van der Waals surface area contributed by atoms with Crippen LogP contribution in [0.2, 0.25) is 0 Å². The second kappa shape index (κ2) is 11.1. The summed E-state index contributed by atoms with van der Waals surface area (Å²) < 4.78 is 5.31. The van der Waals surface area contributed by atoms with Crippen molar-refractivity contribution in [2.75, 3.05) is 13.1 Å². The molecule has 8 nitrogen and oxygen atoms in total. The summed E-state index contributed by atoms with van der Waals surface area (Å²) in [6.07, 6.45) is 2.86. The molecule has 1 aromatic heterocycles. The molecule has 0 aliphatic heterocycles. The van der Waals surface area contributed by atoms with Gasteiger partial charge in [-0.3, -0.25) is 10.1 Å². The number of nitrogens with zero attached hydrogens (tertiary/aromatic N) is 3. The van der Waals surface area contributed by atoms with Gasteiger partial charge in [-0.05, 0) is 37.7 Å². The molecule has 0 bridgehead atoms. The molecule has 0 fully saturated rings. The number of aromatic nitrogens is 1. The van der Waals surface area contributed by atoms with E-state index in [4.69, 9.17) is 4.52 Å². The molecule has 0 aliphatic carbocycles. The summed E-state index contributed by atoms with van der Waals surface area (Å²) in [5, 5.41) is 21.3. The van der Waals surface area contributed by atoms with E-state index in [2.05, 4.69) is 34.6 Å². The Morgan fingerprint density at radius 3 is 2.61 bits per heavy atom. The predicted octanol–water partition coefficient (Wildman–Crippen LogP) is 3.78. The van der Waals surface area contributed by atoms with Gasteiger partial charge in [0.25, 0.3) is 5.69 Å². The molecular formula is C20H29N5O3. The fourth-order valence-electron chi connectivity index (χ4n) is 2.62. The van der Waals surface area contributed by atoms with Crippen molar-refractivity contribution in [3.8, 4) is 0 Å². The molecule has 2 N–H and O–H groups in total. The van der Waals surface area contributed by atoms with E-state index in [9.17, 15) is 10.1 Å². The highest BCUT2D eigenvalue weighted by Crippen LogP contribution is 2.15. The average Bonchev–Trinajstić information content (AvgIpc) is 3.15. The van der Waals surface area contributed by atoms with E-state index < -0.39 is 0 Å². The van der Waals surface area contributed by atoms with E-state index in [0.717, 1.165) is 55.3 Å². The summed E-state index contributed by atoms with van der Waals surface area (Å²) in [6, 6.07) is 8.69. The highest BCUT2D eigenvalue weighted by Gasteiger charge is 2.07. The molecule has 0 aliphatic rings. The standard InChI is InChI=1S/C20H29N5O3/c1-4-21-20(23-14-18-13-19(15(2)3)24-28-18)22-12-6-5-7-16-8-10-17(11-9-16)25(26)27/h8-11,13,15H,4-7,12,14H2,1-3H3,(H2,21,22,23). The molecule has 2 aromatic rings. The van der Waals surface area contributed by atoms with Crippen LogP contribution in [0.4, 0.5) is 5.69 Å². The number of nitro benzene ring substituents is 1. The number of nitro groups is 1. The first-order chi connectivity index (χ1) is 13.5. The third-order valence-corrected chi connectivity index (χ3v) is 4.24. The Kier molecular flexibility index (Phi) is 8.45. The van der Waals surface area contributed by atoms with Crippen molar-refractivity contribution in [1.82, 2.24) is 15.8 Å². The lowest BCUT2D eigenvalue weighted by atomic mass is 10.1. The van der Waals surface area contributed by atoms with Gasteiger partial charge in [-0.15, -0.1) is 0 Å². The third-order valence-electron chi connectivity index (χ3n) is 4.24. The molecule has 2 rings (SSSR count). The zero-order valence-corrected chi connectivity index (χ0v) is 16.8. The Morgan fingerprint density at radius 1 is 1.25 bits per heavy atom. The summed E-state index contributed by atoms with van der Waals surface area (Å²) in [5.74, 6) is 1.84. The monoisotopic (exact) mass is 387 g/mol. The number of rotatable bonds is 10. The van der Waals surface area contributed by atoms with Gasteiger partial charge in [0.1, 0.15) is 6.54 Å². The van der Waals surface area contributed by atoms with E-state index in [1.54, 1.807) is 12.1 Å². The van der Waals surface area contributed by atoms with E-state index in [0.29, 0.717) is 12.5 Å². The quantitative estimate of drug-likeness (QED) is 0.211. The highest BCUT2D eigenvalue weighted by molar-refractivity contribution is 5.79. The third kappa shape index (κ3) is 7.02. The zero-order chi connectivity index (χ0) is 20.4. The van der Waals surface area contributed by atoms with Gasteiger partial charge in [-0.2, -0.15) is 0 Å². The first-order valence-electron chi connectivity index (χ1n) is 9.70. The van der Waals surface area contributed by atoms with Crippen LogP contribution in [0.25, 0.3) is 0 Å². The fourth-order valence-corrected chi connectivity index (χ4v) is 2.62. The van der Waals surface area contributed by atoms with Crippen molar-refractivity contribution >= 4 is 11.6 Å². The summed E-state index contributed by atoms with van der Waals surface area (Å²) in [6.45, 7) is 8.20. The molecule has 152 valence electrons. The molecule has 1 aromatic carbocycles. The second-order valence-corrected chi connectivity index (χ2v) is 6.88. The summed E-state index contributed by atoms with van der Waals surface area (Å²) in [7, 11) is 0. The largest absolute Gasteiger partial charge is 0.359 e. The van der Waals surface area contributed by atoms with Crippen molar-refractivity contribution in [1.29, 1.82) is 0 Å². The van der Waals surface area contributed by atoms with Gasteiger partial charge in [0, 0.05) is 31.3 Å². The number of guanidine groups is 1. The Labute approximate surface area is 165 Å². The number of benzene rings is 1. The summed E-state index contributed by atoms with van der Waals surface area (Å²) >= 11 is 0. The predicted molar refractivity (Wildman–Crippen MR) is 109 cm³/mol. The van der Waals surface area contributed by atoms with Crippen molar-refractivity contribution in [3.05, 3.63) is 57.5 Å². The number of unbranched alkanes of at least 4 members (excludes halogenated alkanes) is 1. The Hall–Kier alpha value is -2.90. The van der Waals surface area contributed by atoms with Crippen LogP contribution < -0.4 is 10.6 Å². The van der Waals surface area contributed by atoms with Crippen molar-refractivity contribution in [3.63, 3.8) is 0 Å². The smallest absolute Gasteiger partial charge is 0.269 e. The number of hydrogen-bond donors (Lipinski definition) is 2. The number of aryl methyl sites for hydroxylation is 1. The van der Waals surface area contributed by atoms with E-state index in [1.165, 1.54) is 0 Å². The van der Waals surface area contributed by atoms with Crippen LogP contribution in [-0.2, 0) is 13.0 Å². The van der Waals surface area contributed by atoms with Crippen LogP contribution in [0, 0.1) is 10.1 Å². The van der Waals surface area contributed by atoms with Gasteiger partial charge >= 0.3 is 0 Å². The molecule has 0 unspecified atom stereocenters. The molecule has 28 heavy (non-hydrogen) atoms. The fraction of sp³-hybridized carbons (Fsp3) is 0.500. The topological polar surface area (TPSA) is 106 Å². The zero-order valence-electron chi connectivity index (χ0n) is 16.8. The highest BCUT2D eigenvalue weighted by atomic mass is 16.6. The molecule has 0 spiro atoms. The first kappa shape index (κ1) is 21.4. The second-order valence-electron chi connectivity index (χ2n) is 6.88. The minimum absolute atomic E-state index is 0.129. The Morgan fingerprint density at radius 2 is 2.00 bits per heavy atom.